The third-order valence-electron chi connectivity index (χ3n) is 2.32. The summed E-state index contributed by atoms with van der Waals surface area (Å²) in [5, 5.41) is 11.5. The van der Waals surface area contributed by atoms with Gasteiger partial charge in [-0.25, -0.2) is 0 Å². The van der Waals surface area contributed by atoms with Gasteiger partial charge in [-0.05, 0) is 12.8 Å². The third kappa shape index (κ3) is 6.40. The molecule has 0 radical (unpaired) electrons. The molecule has 0 aromatic heterocycles. The van der Waals surface area contributed by atoms with Crippen LogP contribution in [-0.4, -0.2) is 36.7 Å². The molecule has 0 rings (SSSR count). The average Bonchev–Trinajstić information content (AvgIpc) is 2.17. The lowest BCUT2D eigenvalue weighted by atomic mass is 9.96. The topological polar surface area (TPSA) is 75.6 Å². The highest BCUT2D eigenvalue weighted by Gasteiger charge is 2.21. The molecular formula is C11H21NO4. The lowest BCUT2D eigenvalue weighted by Gasteiger charge is -2.16. The second-order valence-electron chi connectivity index (χ2n) is 3.94. The minimum Gasteiger partial charge on any atom is -0.481 e. The lowest BCUT2D eigenvalue weighted by molar-refractivity contribution is -0.143. The molecule has 0 saturated heterocycles. The normalized spacial score (nSPS) is 12.5. The van der Waals surface area contributed by atoms with E-state index in [2.05, 4.69) is 5.32 Å². The van der Waals surface area contributed by atoms with E-state index in [0.29, 0.717) is 13.2 Å². The summed E-state index contributed by atoms with van der Waals surface area (Å²) in [7, 11) is 0. The van der Waals surface area contributed by atoms with Crippen LogP contribution in [0, 0.1) is 11.8 Å². The highest BCUT2D eigenvalue weighted by atomic mass is 16.5. The summed E-state index contributed by atoms with van der Waals surface area (Å²) < 4.78 is 5.03. The summed E-state index contributed by atoms with van der Waals surface area (Å²) in [5.41, 5.74) is 0. The van der Waals surface area contributed by atoms with Crippen LogP contribution >= 0.6 is 0 Å². The zero-order valence-corrected chi connectivity index (χ0v) is 10.2. The zero-order chi connectivity index (χ0) is 12.6. The summed E-state index contributed by atoms with van der Waals surface area (Å²) >= 11 is 0. The molecule has 0 heterocycles. The molecule has 0 aromatic rings. The summed E-state index contributed by atoms with van der Waals surface area (Å²) in [4.78, 5) is 22.1. The van der Waals surface area contributed by atoms with E-state index < -0.39 is 11.9 Å². The fraction of sp³-hybridized carbons (Fsp3) is 0.818. The Labute approximate surface area is 96.2 Å². The monoisotopic (exact) mass is 231 g/mol. The first-order valence-electron chi connectivity index (χ1n) is 5.56. The fourth-order valence-corrected chi connectivity index (χ4v) is 1.23. The van der Waals surface area contributed by atoms with Gasteiger partial charge in [-0.2, -0.15) is 0 Å². The molecule has 5 nitrogen and oxygen atoms in total. The Kier molecular flexibility index (Phi) is 7.54. The second kappa shape index (κ2) is 8.10. The van der Waals surface area contributed by atoms with E-state index in [1.807, 2.05) is 20.8 Å². The number of rotatable bonds is 8. The quantitative estimate of drug-likeness (QED) is 0.608. The van der Waals surface area contributed by atoms with Crippen LogP contribution in [0.4, 0.5) is 0 Å². The largest absolute Gasteiger partial charge is 0.481 e. The van der Waals surface area contributed by atoms with Gasteiger partial charge in [-0.3, -0.25) is 9.59 Å². The van der Waals surface area contributed by atoms with Crippen molar-refractivity contribution in [2.45, 2.75) is 27.2 Å². The Morgan fingerprint density at radius 2 is 2.00 bits per heavy atom. The predicted octanol–water partition coefficient (Wildman–Crippen LogP) is 0.886. The highest BCUT2D eigenvalue weighted by Crippen LogP contribution is 2.09. The summed E-state index contributed by atoms with van der Waals surface area (Å²) in [6.07, 6.45) is 0.276. The van der Waals surface area contributed by atoms with Gasteiger partial charge >= 0.3 is 5.97 Å². The van der Waals surface area contributed by atoms with Crippen LogP contribution in [-0.2, 0) is 14.3 Å². The number of carboxylic acids is 1. The minimum absolute atomic E-state index is 0.00434. The molecule has 0 saturated carbocycles. The first-order valence-corrected chi connectivity index (χ1v) is 5.56. The number of aliphatic carboxylic acids is 1. The Balaban J connectivity index is 3.83. The SMILES string of the molecule is CCOCCC(=O)NCC(C(=O)O)C(C)C. The van der Waals surface area contributed by atoms with E-state index in [1.54, 1.807) is 0 Å². The number of hydrogen-bond acceptors (Lipinski definition) is 3. The first kappa shape index (κ1) is 14.9. The van der Waals surface area contributed by atoms with E-state index in [-0.39, 0.29) is 24.8 Å². The van der Waals surface area contributed by atoms with Gasteiger partial charge in [0.15, 0.2) is 0 Å². The molecule has 1 unspecified atom stereocenters. The van der Waals surface area contributed by atoms with Gasteiger partial charge in [0, 0.05) is 19.6 Å². The number of ether oxygens (including phenoxy) is 1. The summed E-state index contributed by atoms with van der Waals surface area (Å²) in [6.45, 7) is 6.64. The van der Waals surface area contributed by atoms with Gasteiger partial charge in [0.1, 0.15) is 0 Å². The molecule has 0 fully saturated rings. The third-order valence-corrected chi connectivity index (χ3v) is 2.32. The first-order chi connectivity index (χ1) is 7.49. The van der Waals surface area contributed by atoms with Crippen LogP contribution in [0.1, 0.15) is 27.2 Å². The van der Waals surface area contributed by atoms with Crippen LogP contribution in [0.5, 0.6) is 0 Å². The Morgan fingerprint density at radius 1 is 1.38 bits per heavy atom. The standard InChI is InChI=1S/C11H21NO4/c1-4-16-6-5-10(13)12-7-9(8(2)3)11(14)15/h8-9H,4-7H2,1-3H3,(H,12,13)(H,14,15). The minimum atomic E-state index is -0.875. The molecular weight excluding hydrogens is 210 g/mol. The van der Waals surface area contributed by atoms with Crippen LogP contribution < -0.4 is 5.32 Å². The Morgan fingerprint density at radius 3 is 2.44 bits per heavy atom. The smallest absolute Gasteiger partial charge is 0.308 e. The van der Waals surface area contributed by atoms with Crippen molar-refractivity contribution in [1.29, 1.82) is 0 Å². The van der Waals surface area contributed by atoms with Gasteiger partial charge in [0.05, 0.1) is 12.5 Å². The predicted molar refractivity (Wildman–Crippen MR) is 60.1 cm³/mol. The van der Waals surface area contributed by atoms with E-state index in [1.165, 1.54) is 0 Å². The molecule has 0 bridgehead atoms. The van der Waals surface area contributed by atoms with Crippen LogP contribution in [0.3, 0.4) is 0 Å². The van der Waals surface area contributed by atoms with Gasteiger partial charge in [0.2, 0.25) is 5.91 Å². The van der Waals surface area contributed by atoms with Crippen LogP contribution in [0.2, 0.25) is 0 Å². The summed E-state index contributed by atoms with van der Waals surface area (Å²) in [5.74, 6) is -1.57. The maximum Gasteiger partial charge on any atom is 0.308 e. The van der Waals surface area contributed by atoms with Gasteiger partial charge in [0.25, 0.3) is 0 Å². The van der Waals surface area contributed by atoms with Gasteiger partial charge < -0.3 is 15.2 Å². The molecule has 0 aliphatic carbocycles. The maximum absolute atomic E-state index is 11.3. The number of nitrogens with one attached hydrogen (secondary N) is 1. The van der Waals surface area contributed by atoms with E-state index in [4.69, 9.17) is 9.84 Å². The van der Waals surface area contributed by atoms with Crippen molar-refractivity contribution in [3.8, 4) is 0 Å². The highest BCUT2D eigenvalue weighted by molar-refractivity contribution is 5.77. The molecule has 0 aliphatic heterocycles. The van der Waals surface area contributed by atoms with Gasteiger partial charge in [-0.1, -0.05) is 13.8 Å². The molecule has 16 heavy (non-hydrogen) atoms. The van der Waals surface area contributed by atoms with Crippen LogP contribution in [0.25, 0.3) is 0 Å². The maximum atomic E-state index is 11.3. The molecule has 5 heteroatoms. The fourth-order valence-electron chi connectivity index (χ4n) is 1.23. The van der Waals surface area contributed by atoms with Crippen molar-refractivity contribution >= 4 is 11.9 Å². The Bertz CT molecular complexity index is 228. The average molecular weight is 231 g/mol. The molecule has 2 N–H and O–H groups in total. The van der Waals surface area contributed by atoms with Gasteiger partial charge in [-0.15, -0.1) is 0 Å². The molecule has 94 valence electrons. The zero-order valence-electron chi connectivity index (χ0n) is 10.2. The van der Waals surface area contributed by atoms with Crippen molar-refractivity contribution in [1.82, 2.24) is 5.32 Å². The number of hydrogen-bond donors (Lipinski definition) is 2. The molecule has 0 spiro atoms. The van der Waals surface area contributed by atoms with Crippen molar-refractivity contribution in [3.05, 3.63) is 0 Å². The van der Waals surface area contributed by atoms with Crippen LogP contribution in [0.15, 0.2) is 0 Å². The number of carbonyl (C=O) groups is 2. The molecule has 0 aliphatic rings. The Hall–Kier alpha value is -1.10. The van der Waals surface area contributed by atoms with E-state index in [0.717, 1.165) is 0 Å². The second-order valence-corrected chi connectivity index (χ2v) is 3.94. The number of carboxylic acid groups (broad SMARTS) is 1. The molecule has 1 atom stereocenters. The summed E-state index contributed by atoms with van der Waals surface area (Å²) in [6, 6.07) is 0. The molecule has 1 amide bonds. The van der Waals surface area contributed by atoms with Crippen molar-refractivity contribution in [2.24, 2.45) is 11.8 Å². The molecule has 0 aromatic carbocycles. The number of carbonyl (C=O) groups excluding carboxylic acids is 1. The van der Waals surface area contributed by atoms with E-state index in [9.17, 15) is 9.59 Å². The van der Waals surface area contributed by atoms with Crippen molar-refractivity contribution < 1.29 is 19.4 Å². The number of amides is 1. The van der Waals surface area contributed by atoms with Crippen molar-refractivity contribution in [2.75, 3.05) is 19.8 Å². The lowest BCUT2D eigenvalue weighted by Crippen LogP contribution is -2.35. The van der Waals surface area contributed by atoms with E-state index >= 15 is 0 Å². The van der Waals surface area contributed by atoms with Crippen molar-refractivity contribution in [3.63, 3.8) is 0 Å².